The van der Waals surface area contributed by atoms with Gasteiger partial charge >= 0.3 is 5.69 Å². The standard InChI is InChI=1S/C14H11ClN4O2/c1-21-13-8-12(19-14(20)16-17-18-19)11(15)7-10(13)9-5-3-2-4-6-9/h2-8H,1H3,(H,16,18,20). The zero-order valence-electron chi connectivity index (χ0n) is 11.1. The Labute approximate surface area is 124 Å². The molecule has 0 radical (unpaired) electrons. The molecule has 0 aliphatic heterocycles. The van der Waals surface area contributed by atoms with Crippen molar-refractivity contribution >= 4 is 11.6 Å². The molecule has 0 saturated carbocycles. The maximum atomic E-state index is 11.6. The van der Waals surface area contributed by atoms with E-state index in [2.05, 4.69) is 15.5 Å². The minimum Gasteiger partial charge on any atom is -0.496 e. The maximum absolute atomic E-state index is 11.6. The zero-order valence-corrected chi connectivity index (χ0v) is 11.8. The Balaban J connectivity index is 2.20. The Morgan fingerprint density at radius 2 is 2.00 bits per heavy atom. The van der Waals surface area contributed by atoms with Gasteiger partial charge in [-0.2, -0.15) is 4.68 Å². The topological polar surface area (TPSA) is 72.8 Å². The van der Waals surface area contributed by atoms with E-state index in [1.165, 1.54) is 0 Å². The second-order valence-corrected chi connectivity index (χ2v) is 4.70. The highest BCUT2D eigenvalue weighted by molar-refractivity contribution is 6.32. The third-order valence-corrected chi connectivity index (χ3v) is 3.36. The monoisotopic (exact) mass is 302 g/mol. The number of hydrogen-bond donors (Lipinski definition) is 1. The molecule has 21 heavy (non-hydrogen) atoms. The molecule has 0 aliphatic rings. The van der Waals surface area contributed by atoms with Crippen LogP contribution in [-0.4, -0.2) is 27.3 Å². The molecule has 1 heterocycles. The number of benzene rings is 2. The Morgan fingerprint density at radius 3 is 2.62 bits per heavy atom. The number of nitrogens with zero attached hydrogens (tertiary/aromatic N) is 3. The lowest BCUT2D eigenvalue weighted by Crippen LogP contribution is -2.16. The Morgan fingerprint density at radius 1 is 1.24 bits per heavy atom. The number of rotatable bonds is 3. The number of tetrazole rings is 1. The first-order valence-corrected chi connectivity index (χ1v) is 6.52. The van der Waals surface area contributed by atoms with Crippen LogP contribution in [0.4, 0.5) is 0 Å². The number of methoxy groups -OCH3 is 1. The van der Waals surface area contributed by atoms with Crippen LogP contribution in [0.5, 0.6) is 5.75 Å². The van der Waals surface area contributed by atoms with Gasteiger partial charge in [0, 0.05) is 11.6 Å². The fraction of sp³-hybridized carbons (Fsp3) is 0.0714. The molecule has 0 aliphatic carbocycles. The van der Waals surface area contributed by atoms with E-state index in [1.807, 2.05) is 30.3 Å². The highest BCUT2D eigenvalue weighted by Gasteiger charge is 2.14. The summed E-state index contributed by atoms with van der Waals surface area (Å²) >= 11 is 6.27. The highest BCUT2D eigenvalue weighted by Crippen LogP contribution is 2.35. The van der Waals surface area contributed by atoms with Gasteiger partial charge in [-0.15, -0.1) is 0 Å². The number of H-pyrrole nitrogens is 1. The van der Waals surface area contributed by atoms with Crippen molar-refractivity contribution in [1.29, 1.82) is 0 Å². The third-order valence-electron chi connectivity index (χ3n) is 3.05. The molecule has 0 spiro atoms. The van der Waals surface area contributed by atoms with Crippen LogP contribution in [0.1, 0.15) is 0 Å². The number of ether oxygens (including phenoxy) is 1. The van der Waals surface area contributed by atoms with Gasteiger partial charge in [0.05, 0.1) is 17.8 Å². The summed E-state index contributed by atoms with van der Waals surface area (Å²) in [5.41, 5.74) is 1.75. The van der Waals surface area contributed by atoms with Gasteiger partial charge in [0.25, 0.3) is 0 Å². The van der Waals surface area contributed by atoms with E-state index in [-0.39, 0.29) is 0 Å². The van der Waals surface area contributed by atoms with Crippen molar-refractivity contribution in [2.24, 2.45) is 0 Å². The molecule has 1 aromatic heterocycles. The van der Waals surface area contributed by atoms with Gasteiger partial charge in [0.1, 0.15) is 5.75 Å². The predicted molar refractivity (Wildman–Crippen MR) is 79.0 cm³/mol. The molecule has 0 atom stereocenters. The first kappa shape index (κ1) is 13.4. The van der Waals surface area contributed by atoms with E-state index in [0.717, 1.165) is 15.8 Å². The van der Waals surface area contributed by atoms with Crippen molar-refractivity contribution in [1.82, 2.24) is 20.2 Å². The number of nitrogens with one attached hydrogen (secondary N) is 1. The zero-order chi connectivity index (χ0) is 14.8. The summed E-state index contributed by atoms with van der Waals surface area (Å²) in [7, 11) is 1.56. The quantitative estimate of drug-likeness (QED) is 0.805. The first-order chi connectivity index (χ1) is 10.2. The lowest BCUT2D eigenvalue weighted by molar-refractivity contribution is 0.416. The molecule has 7 heteroatoms. The lowest BCUT2D eigenvalue weighted by atomic mass is 10.0. The number of aromatic nitrogens is 4. The van der Waals surface area contributed by atoms with Gasteiger partial charge in [0.2, 0.25) is 0 Å². The highest BCUT2D eigenvalue weighted by atomic mass is 35.5. The Hall–Kier alpha value is -2.60. The van der Waals surface area contributed by atoms with Crippen LogP contribution in [0.3, 0.4) is 0 Å². The number of hydrogen-bond acceptors (Lipinski definition) is 4. The van der Waals surface area contributed by atoms with E-state index in [4.69, 9.17) is 16.3 Å². The van der Waals surface area contributed by atoms with E-state index in [9.17, 15) is 4.79 Å². The Bertz CT molecular complexity index is 826. The first-order valence-electron chi connectivity index (χ1n) is 6.14. The van der Waals surface area contributed by atoms with Crippen LogP contribution in [0, 0.1) is 0 Å². The summed E-state index contributed by atoms with van der Waals surface area (Å²) in [4.78, 5) is 11.6. The average molecular weight is 303 g/mol. The van der Waals surface area contributed by atoms with Gasteiger partial charge in [0.15, 0.2) is 0 Å². The summed E-state index contributed by atoms with van der Waals surface area (Å²) in [5.74, 6) is 0.593. The normalized spacial score (nSPS) is 10.6. The van der Waals surface area contributed by atoms with Crippen molar-refractivity contribution in [2.45, 2.75) is 0 Å². The number of halogens is 1. The largest absolute Gasteiger partial charge is 0.496 e. The van der Waals surface area contributed by atoms with Crippen LogP contribution in [-0.2, 0) is 0 Å². The molecule has 2 aromatic carbocycles. The SMILES string of the molecule is COc1cc(-n2nn[nH]c2=O)c(Cl)cc1-c1ccccc1. The van der Waals surface area contributed by atoms with Crippen LogP contribution in [0.25, 0.3) is 16.8 Å². The van der Waals surface area contributed by atoms with Crippen LogP contribution in [0.2, 0.25) is 5.02 Å². The summed E-state index contributed by atoms with van der Waals surface area (Å²) in [5, 5.41) is 9.74. The minimum atomic E-state index is -0.466. The maximum Gasteiger partial charge on any atom is 0.365 e. The van der Waals surface area contributed by atoms with Crippen LogP contribution in [0.15, 0.2) is 47.3 Å². The predicted octanol–water partition coefficient (Wildman–Crippen LogP) is 2.28. The third kappa shape index (κ3) is 2.41. The van der Waals surface area contributed by atoms with Crippen LogP contribution >= 0.6 is 11.6 Å². The second-order valence-electron chi connectivity index (χ2n) is 4.29. The fourth-order valence-corrected chi connectivity index (χ4v) is 2.32. The molecule has 0 unspecified atom stereocenters. The van der Waals surface area contributed by atoms with E-state index >= 15 is 0 Å². The lowest BCUT2D eigenvalue weighted by Gasteiger charge is -2.12. The van der Waals surface area contributed by atoms with Crippen molar-refractivity contribution in [2.75, 3.05) is 7.11 Å². The van der Waals surface area contributed by atoms with Gasteiger partial charge in [-0.05, 0) is 22.1 Å². The van der Waals surface area contributed by atoms with E-state index < -0.39 is 5.69 Å². The van der Waals surface area contributed by atoms with Gasteiger partial charge in [-0.1, -0.05) is 41.9 Å². The summed E-state index contributed by atoms with van der Waals surface area (Å²) < 4.78 is 6.48. The van der Waals surface area contributed by atoms with E-state index in [1.54, 1.807) is 19.2 Å². The van der Waals surface area contributed by atoms with E-state index in [0.29, 0.717) is 16.5 Å². The summed E-state index contributed by atoms with van der Waals surface area (Å²) in [6.45, 7) is 0. The average Bonchev–Trinajstić information content (AvgIpc) is 2.94. The smallest absolute Gasteiger partial charge is 0.365 e. The molecule has 0 bridgehead atoms. The fourth-order valence-electron chi connectivity index (χ4n) is 2.07. The van der Waals surface area contributed by atoms with Gasteiger partial charge in [-0.3, -0.25) is 0 Å². The number of aromatic amines is 1. The van der Waals surface area contributed by atoms with Gasteiger partial charge in [-0.25, -0.2) is 9.89 Å². The van der Waals surface area contributed by atoms with Gasteiger partial charge < -0.3 is 4.74 Å². The second kappa shape index (κ2) is 5.41. The molecular weight excluding hydrogens is 292 g/mol. The molecule has 0 fully saturated rings. The van der Waals surface area contributed by atoms with Crippen molar-refractivity contribution in [3.63, 3.8) is 0 Å². The molecule has 0 amide bonds. The summed E-state index contributed by atoms with van der Waals surface area (Å²) in [6.07, 6.45) is 0. The molecule has 106 valence electrons. The molecule has 1 N–H and O–H groups in total. The van der Waals surface area contributed by atoms with Crippen molar-refractivity contribution < 1.29 is 4.74 Å². The molecule has 6 nitrogen and oxygen atoms in total. The molecule has 3 aromatic rings. The minimum absolute atomic E-state index is 0.380. The van der Waals surface area contributed by atoms with Crippen molar-refractivity contribution in [3.8, 4) is 22.6 Å². The van der Waals surface area contributed by atoms with Crippen LogP contribution < -0.4 is 10.4 Å². The molecule has 0 saturated heterocycles. The molecular formula is C14H11ClN4O2. The van der Waals surface area contributed by atoms with Crippen molar-refractivity contribution in [3.05, 3.63) is 58.0 Å². The summed E-state index contributed by atoms with van der Waals surface area (Å²) in [6, 6.07) is 13.1. The molecule has 3 rings (SSSR count). The Kier molecular flexibility index (Phi) is 3.45.